The van der Waals surface area contributed by atoms with Gasteiger partial charge in [-0.15, -0.1) is 0 Å². The fraction of sp³-hybridized carbons (Fsp3) is 0.300. The van der Waals surface area contributed by atoms with Gasteiger partial charge in [0.15, 0.2) is 0 Å². The van der Waals surface area contributed by atoms with Gasteiger partial charge in [-0.1, -0.05) is 12.1 Å². The van der Waals surface area contributed by atoms with Gasteiger partial charge in [0.25, 0.3) is 0 Å². The normalized spacial score (nSPS) is 9.93. The van der Waals surface area contributed by atoms with Crippen LogP contribution in [0.3, 0.4) is 0 Å². The second-order valence-corrected chi connectivity index (χ2v) is 5.60. The molecule has 1 radical (unpaired) electrons. The Morgan fingerprint density at radius 3 is 1.59 bits per heavy atom. The predicted octanol–water partition coefficient (Wildman–Crippen LogP) is 3.39. The molecule has 0 atom stereocenters. The number of carbonyl (C=O) groups excluding carboxylic acids is 2. The van der Waals surface area contributed by atoms with Crippen LogP contribution in [0.25, 0.3) is 0 Å². The fourth-order valence-electron chi connectivity index (χ4n) is 2.12. The second kappa shape index (κ2) is 12.4. The Bertz CT molecular complexity index is 647. The Morgan fingerprint density at radius 2 is 1.15 bits per heavy atom. The van der Waals surface area contributed by atoms with Crippen LogP contribution in [0.5, 0.6) is 23.0 Å². The van der Waals surface area contributed by atoms with Gasteiger partial charge in [-0.05, 0) is 37.1 Å². The summed E-state index contributed by atoms with van der Waals surface area (Å²) in [4.78, 5) is 20.6. The van der Waals surface area contributed by atoms with Crippen molar-refractivity contribution in [3.8, 4) is 23.0 Å². The minimum absolute atomic E-state index is 0.474. The van der Waals surface area contributed by atoms with Gasteiger partial charge < -0.3 is 28.4 Å². The third-order valence-corrected chi connectivity index (χ3v) is 3.45. The number of benzene rings is 2. The number of carbonyl (C=O) groups is 2. The Hall–Kier alpha value is -2.96. The Morgan fingerprint density at radius 1 is 0.704 bits per heavy atom. The van der Waals surface area contributed by atoms with Gasteiger partial charge in [-0.3, -0.25) is 0 Å². The summed E-state index contributed by atoms with van der Waals surface area (Å²) in [5, 5.41) is 0. The highest BCUT2D eigenvalue weighted by Gasteiger charge is 2.05. The third kappa shape index (κ3) is 8.31. The van der Waals surface area contributed by atoms with Crippen molar-refractivity contribution in [1.82, 2.24) is 0 Å². The van der Waals surface area contributed by atoms with E-state index in [4.69, 9.17) is 18.8 Å². The van der Waals surface area contributed by atoms with E-state index in [0.717, 1.165) is 12.6 Å². The SMILES string of the molecule is O=CCCCOc1cccc(O[B]Oc2cccc(OCCCC=O)c2)c1. The first-order valence-electron chi connectivity index (χ1n) is 8.80. The largest absolute Gasteiger partial charge is 0.658 e. The number of rotatable bonds is 14. The van der Waals surface area contributed by atoms with Gasteiger partial charge in [-0.25, -0.2) is 0 Å². The summed E-state index contributed by atoms with van der Waals surface area (Å²) in [6.45, 7) is 0.949. The summed E-state index contributed by atoms with van der Waals surface area (Å²) in [7, 11) is 1.23. The monoisotopic (exact) mass is 369 g/mol. The molecule has 2 aromatic carbocycles. The second-order valence-electron chi connectivity index (χ2n) is 5.60. The zero-order valence-corrected chi connectivity index (χ0v) is 15.0. The zero-order valence-electron chi connectivity index (χ0n) is 15.0. The van der Waals surface area contributed by atoms with Crippen molar-refractivity contribution >= 4 is 20.3 Å². The van der Waals surface area contributed by atoms with Crippen molar-refractivity contribution in [3.63, 3.8) is 0 Å². The molecule has 0 aliphatic rings. The molecule has 2 aromatic rings. The topological polar surface area (TPSA) is 71.1 Å². The van der Waals surface area contributed by atoms with Gasteiger partial charge in [0, 0.05) is 25.0 Å². The smallest absolute Gasteiger partial charge is 0.526 e. The number of hydrogen-bond acceptors (Lipinski definition) is 6. The van der Waals surface area contributed by atoms with Gasteiger partial charge >= 0.3 is 7.69 Å². The van der Waals surface area contributed by atoms with Crippen molar-refractivity contribution in [2.75, 3.05) is 13.2 Å². The van der Waals surface area contributed by atoms with Gasteiger partial charge in [0.1, 0.15) is 35.6 Å². The lowest BCUT2D eigenvalue weighted by molar-refractivity contribution is -0.108. The maximum Gasteiger partial charge on any atom is 0.658 e. The summed E-state index contributed by atoms with van der Waals surface area (Å²) in [6, 6.07) is 14.3. The summed E-state index contributed by atoms with van der Waals surface area (Å²) in [5.74, 6) is 2.48. The fourth-order valence-corrected chi connectivity index (χ4v) is 2.12. The summed E-state index contributed by atoms with van der Waals surface area (Å²) >= 11 is 0. The lowest BCUT2D eigenvalue weighted by atomic mass is 10.2. The van der Waals surface area contributed by atoms with E-state index >= 15 is 0 Å². The molecule has 2 rings (SSSR count). The van der Waals surface area contributed by atoms with Crippen LogP contribution in [0.2, 0.25) is 0 Å². The number of hydrogen-bond donors (Lipinski definition) is 0. The lowest BCUT2D eigenvalue weighted by Crippen LogP contribution is -2.11. The van der Waals surface area contributed by atoms with Gasteiger partial charge in [0.2, 0.25) is 0 Å². The molecular formula is C20H22BO6. The van der Waals surface area contributed by atoms with Gasteiger partial charge in [-0.2, -0.15) is 0 Å². The Kier molecular flexibility index (Phi) is 9.35. The van der Waals surface area contributed by atoms with Crippen LogP contribution >= 0.6 is 0 Å². The van der Waals surface area contributed by atoms with E-state index in [-0.39, 0.29) is 0 Å². The highest BCUT2D eigenvalue weighted by atomic mass is 16.6. The summed E-state index contributed by atoms with van der Waals surface area (Å²) in [5.41, 5.74) is 0. The molecule has 0 aliphatic heterocycles. The van der Waals surface area contributed by atoms with E-state index < -0.39 is 0 Å². The van der Waals surface area contributed by atoms with Crippen molar-refractivity contribution in [2.45, 2.75) is 25.7 Å². The standard InChI is InChI=1S/C20H22BO6/c22-11-1-3-13-24-17-7-5-9-19(15-17)26-21-27-20-10-6-8-18(16-20)25-14-4-2-12-23/h5-12,15-16H,1-4,13-14H2. The Balaban J connectivity index is 1.75. The molecule has 0 amide bonds. The molecular weight excluding hydrogens is 347 g/mol. The molecule has 7 heteroatoms. The molecule has 0 N–H and O–H groups in total. The molecule has 6 nitrogen and oxygen atoms in total. The molecule has 0 aliphatic carbocycles. The zero-order chi connectivity index (χ0) is 19.2. The first-order chi connectivity index (χ1) is 13.3. The maximum atomic E-state index is 10.3. The highest BCUT2D eigenvalue weighted by Crippen LogP contribution is 2.21. The quantitative estimate of drug-likeness (QED) is 0.289. The molecule has 0 bridgehead atoms. The van der Waals surface area contributed by atoms with Crippen LogP contribution in [0, 0.1) is 0 Å². The van der Waals surface area contributed by atoms with Crippen molar-refractivity contribution in [1.29, 1.82) is 0 Å². The highest BCUT2D eigenvalue weighted by molar-refractivity contribution is 6.20. The van der Waals surface area contributed by atoms with E-state index in [2.05, 4.69) is 0 Å². The number of unbranched alkanes of at least 4 members (excludes halogenated alkanes) is 2. The predicted molar refractivity (Wildman–Crippen MR) is 101 cm³/mol. The van der Waals surface area contributed by atoms with Crippen molar-refractivity contribution in [2.24, 2.45) is 0 Å². The van der Waals surface area contributed by atoms with Crippen LogP contribution in [-0.4, -0.2) is 33.5 Å². The van der Waals surface area contributed by atoms with Gasteiger partial charge in [0.05, 0.1) is 13.2 Å². The number of aldehydes is 2. The minimum Gasteiger partial charge on any atom is -0.526 e. The maximum absolute atomic E-state index is 10.3. The molecule has 27 heavy (non-hydrogen) atoms. The van der Waals surface area contributed by atoms with Crippen LogP contribution in [0.4, 0.5) is 0 Å². The number of ether oxygens (including phenoxy) is 2. The third-order valence-electron chi connectivity index (χ3n) is 3.45. The molecule has 141 valence electrons. The first kappa shape index (κ1) is 20.4. The average molecular weight is 369 g/mol. The first-order valence-corrected chi connectivity index (χ1v) is 8.80. The van der Waals surface area contributed by atoms with E-state index in [9.17, 15) is 9.59 Å². The molecule has 0 unspecified atom stereocenters. The summed E-state index contributed by atoms with van der Waals surface area (Å²) < 4.78 is 22.0. The lowest BCUT2D eigenvalue weighted by Gasteiger charge is -2.10. The molecule has 0 aromatic heterocycles. The summed E-state index contributed by atoms with van der Waals surface area (Å²) in [6.07, 6.45) is 4.07. The molecule has 0 spiro atoms. The van der Waals surface area contributed by atoms with Crippen LogP contribution < -0.4 is 18.8 Å². The van der Waals surface area contributed by atoms with E-state index in [1.165, 1.54) is 7.69 Å². The molecule has 0 saturated heterocycles. The van der Waals surface area contributed by atoms with E-state index in [1.807, 2.05) is 24.3 Å². The minimum atomic E-state index is 0.474. The molecule has 0 fully saturated rings. The van der Waals surface area contributed by atoms with E-state index in [0.29, 0.717) is 61.9 Å². The average Bonchev–Trinajstić information content (AvgIpc) is 2.69. The van der Waals surface area contributed by atoms with Crippen molar-refractivity contribution in [3.05, 3.63) is 48.5 Å². The van der Waals surface area contributed by atoms with Crippen LogP contribution in [-0.2, 0) is 9.59 Å². The Labute approximate surface area is 159 Å². The van der Waals surface area contributed by atoms with Crippen LogP contribution in [0.15, 0.2) is 48.5 Å². The van der Waals surface area contributed by atoms with Crippen molar-refractivity contribution < 1.29 is 28.4 Å². The van der Waals surface area contributed by atoms with Crippen LogP contribution in [0.1, 0.15) is 25.7 Å². The van der Waals surface area contributed by atoms with E-state index in [1.54, 1.807) is 24.3 Å². The molecule has 0 heterocycles. The molecule has 0 saturated carbocycles.